The summed E-state index contributed by atoms with van der Waals surface area (Å²) in [6.45, 7) is 6.43. The van der Waals surface area contributed by atoms with E-state index in [0.717, 1.165) is 0 Å². The Hall–Kier alpha value is -3.11. The fourth-order valence-electron chi connectivity index (χ4n) is 3.81. The molecule has 1 aliphatic heterocycles. The van der Waals surface area contributed by atoms with E-state index in [-0.39, 0.29) is 29.3 Å². The average molecular weight is 457 g/mol. The second-order valence-electron chi connectivity index (χ2n) is 8.93. The van der Waals surface area contributed by atoms with Crippen molar-refractivity contribution in [3.8, 4) is 5.13 Å². The number of fused-ring (bicyclic) bond motifs is 1. The molecule has 0 spiro atoms. The molecule has 0 saturated carbocycles. The number of hydrogen-bond donors (Lipinski definition) is 2. The highest BCUT2D eigenvalue weighted by atomic mass is 32.1. The van der Waals surface area contributed by atoms with Crippen molar-refractivity contribution in [1.82, 2.24) is 14.5 Å². The summed E-state index contributed by atoms with van der Waals surface area (Å²) in [6, 6.07) is 1.75. The number of hydrogen-bond acceptors (Lipinski definition) is 8. The van der Waals surface area contributed by atoms with E-state index < -0.39 is 16.8 Å². The maximum Gasteiger partial charge on any atom is 0.341 e. The summed E-state index contributed by atoms with van der Waals surface area (Å²) < 4.78 is 1.54. The van der Waals surface area contributed by atoms with Gasteiger partial charge in [0.25, 0.3) is 0 Å². The van der Waals surface area contributed by atoms with Gasteiger partial charge in [-0.3, -0.25) is 14.2 Å². The lowest BCUT2D eigenvalue weighted by Crippen LogP contribution is -2.51. The molecule has 1 fully saturated rings. The number of carbonyl (C=O) groups excluding carboxylic acids is 1. The van der Waals surface area contributed by atoms with Crippen LogP contribution in [0.5, 0.6) is 0 Å². The van der Waals surface area contributed by atoms with Crippen LogP contribution in [0.4, 0.5) is 5.82 Å². The molecule has 2 N–H and O–H groups in total. The Labute approximate surface area is 188 Å². The topological polar surface area (TPSA) is 126 Å². The molecule has 32 heavy (non-hydrogen) atoms. The van der Waals surface area contributed by atoms with Crippen molar-refractivity contribution in [3.05, 3.63) is 45.2 Å². The minimum atomic E-state index is -1.31. The van der Waals surface area contributed by atoms with Crippen LogP contribution >= 0.6 is 11.3 Å². The number of thiazole rings is 1. The highest BCUT2D eigenvalue weighted by Crippen LogP contribution is 2.31. The zero-order valence-corrected chi connectivity index (χ0v) is 18.8. The zero-order chi connectivity index (χ0) is 23.2. The molecule has 3 aromatic rings. The van der Waals surface area contributed by atoms with Crippen LogP contribution in [0.1, 0.15) is 36.2 Å². The number of ketones is 1. The number of aromatic carboxylic acids is 1. The number of Topliss-reactive ketones (excluding diaryl/α,β-unsaturated/α-hetero) is 1. The molecule has 0 radical (unpaired) electrons. The number of aromatic nitrogens is 3. The van der Waals surface area contributed by atoms with Gasteiger partial charge in [-0.05, 0) is 24.0 Å². The Bertz CT molecular complexity index is 1260. The summed E-state index contributed by atoms with van der Waals surface area (Å²) in [5.74, 6) is -0.702. The Kier molecular flexibility index (Phi) is 5.59. The molecule has 1 aliphatic rings. The molecule has 168 valence electrons. The van der Waals surface area contributed by atoms with Gasteiger partial charge in [-0.25, -0.2) is 14.8 Å². The summed E-state index contributed by atoms with van der Waals surface area (Å²) in [7, 11) is 0. The van der Waals surface area contributed by atoms with E-state index in [0.29, 0.717) is 41.7 Å². The molecule has 0 atom stereocenters. The number of anilines is 1. The van der Waals surface area contributed by atoms with Gasteiger partial charge >= 0.3 is 5.97 Å². The summed E-state index contributed by atoms with van der Waals surface area (Å²) in [4.78, 5) is 47.9. The van der Waals surface area contributed by atoms with Crippen molar-refractivity contribution in [3.63, 3.8) is 0 Å². The fourth-order valence-corrected chi connectivity index (χ4v) is 4.43. The van der Waals surface area contributed by atoms with Gasteiger partial charge < -0.3 is 15.1 Å². The average Bonchev–Trinajstić information content (AvgIpc) is 3.20. The van der Waals surface area contributed by atoms with Crippen LogP contribution in [-0.4, -0.2) is 56.2 Å². The number of aliphatic hydroxyl groups excluding tert-OH is 1. The number of carboxylic acids is 1. The number of carbonyl (C=O) groups is 2. The Morgan fingerprint density at radius 3 is 2.62 bits per heavy atom. The molecule has 1 saturated heterocycles. The van der Waals surface area contributed by atoms with Crippen molar-refractivity contribution < 1.29 is 19.8 Å². The van der Waals surface area contributed by atoms with Gasteiger partial charge in [0.1, 0.15) is 17.2 Å². The zero-order valence-electron chi connectivity index (χ0n) is 18.0. The van der Waals surface area contributed by atoms with E-state index in [1.807, 2.05) is 18.7 Å². The van der Waals surface area contributed by atoms with Crippen LogP contribution in [0, 0.1) is 18.3 Å². The molecule has 0 amide bonds. The van der Waals surface area contributed by atoms with Gasteiger partial charge in [0, 0.05) is 43.9 Å². The maximum atomic E-state index is 12.9. The Morgan fingerprint density at radius 1 is 1.31 bits per heavy atom. The molecular weight excluding hydrogens is 432 g/mol. The molecule has 0 unspecified atom stereocenters. The van der Waals surface area contributed by atoms with Crippen molar-refractivity contribution in [2.45, 2.75) is 27.2 Å². The first kappa shape index (κ1) is 22.1. The minimum absolute atomic E-state index is 0.0484. The quantitative estimate of drug-likeness (QED) is 0.555. The van der Waals surface area contributed by atoms with Gasteiger partial charge in [0.15, 0.2) is 10.8 Å². The van der Waals surface area contributed by atoms with Gasteiger partial charge in [-0.15, -0.1) is 11.3 Å². The summed E-state index contributed by atoms with van der Waals surface area (Å²) in [5, 5.41) is 21.4. The smallest absolute Gasteiger partial charge is 0.341 e. The largest absolute Gasteiger partial charge is 0.477 e. The molecule has 10 heteroatoms. The van der Waals surface area contributed by atoms with Crippen molar-refractivity contribution in [1.29, 1.82) is 0 Å². The van der Waals surface area contributed by atoms with Crippen molar-refractivity contribution >= 4 is 39.9 Å². The van der Waals surface area contributed by atoms with Gasteiger partial charge in [-0.2, -0.15) is 0 Å². The highest BCUT2D eigenvalue weighted by Gasteiger charge is 2.36. The molecule has 3 aromatic heterocycles. The van der Waals surface area contributed by atoms with Crippen LogP contribution in [0.15, 0.2) is 28.6 Å². The first-order chi connectivity index (χ1) is 15.1. The third-order valence-corrected chi connectivity index (χ3v) is 6.51. The Morgan fingerprint density at radius 2 is 2.03 bits per heavy atom. The molecule has 9 nitrogen and oxygen atoms in total. The predicted octanol–water partition coefficient (Wildman–Crippen LogP) is 2.26. The van der Waals surface area contributed by atoms with Crippen LogP contribution in [0.2, 0.25) is 0 Å². The van der Waals surface area contributed by atoms with Crippen molar-refractivity contribution in [2.24, 2.45) is 11.3 Å². The number of rotatable bonds is 7. The van der Waals surface area contributed by atoms with Crippen LogP contribution < -0.4 is 10.3 Å². The van der Waals surface area contributed by atoms with Crippen LogP contribution in [0.25, 0.3) is 16.2 Å². The molecule has 4 heterocycles. The predicted molar refractivity (Wildman–Crippen MR) is 121 cm³/mol. The molecule has 0 aromatic carbocycles. The fraction of sp³-hybridized carbons (Fsp3) is 0.409. The maximum absolute atomic E-state index is 12.9. The van der Waals surface area contributed by atoms with E-state index in [1.54, 1.807) is 24.6 Å². The second kappa shape index (κ2) is 8.10. The standard InChI is InChI=1S/C22H24N4O5S/c1-12-6-16(25-8-13(9-25)15(28)7-22(2,3)11-27)24-19-17(12)18(29)14(20(30)31)10-26(19)21-23-4-5-32-21/h4-6,10,13,27H,7-9,11H2,1-3H3,(H,30,31). The van der Waals surface area contributed by atoms with E-state index in [1.165, 1.54) is 22.1 Å². The number of aliphatic hydroxyl groups is 1. The molecule has 0 bridgehead atoms. The third-order valence-electron chi connectivity index (χ3n) is 5.74. The van der Waals surface area contributed by atoms with Crippen LogP contribution in [0.3, 0.4) is 0 Å². The van der Waals surface area contributed by atoms with Crippen molar-refractivity contribution in [2.75, 3.05) is 24.6 Å². The number of nitrogens with zero attached hydrogens (tertiary/aromatic N) is 4. The van der Waals surface area contributed by atoms with Gasteiger partial charge in [0.2, 0.25) is 5.43 Å². The molecule has 4 rings (SSSR count). The van der Waals surface area contributed by atoms with E-state index in [9.17, 15) is 24.6 Å². The number of carboxylic acid groups (broad SMARTS) is 1. The highest BCUT2D eigenvalue weighted by molar-refractivity contribution is 7.12. The van der Waals surface area contributed by atoms with E-state index in [2.05, 4.69) is 9.97 Å². The van der Waals surface area contributed by atoms with E-state index >= 15 is 0 Å². The first-order valence-corrected chi connectivity index (χ1v) is 11.1. The van der Waals surface area contributed by atoms with Gasteiger partial charge in [-0.1, -0.05) is 13.8 Å². The number of aryl methyl sites for hydroxylation is 1. The van der Waals surface area contributed by atoms with E-state index in [4.69, 9.17) is 0 Å². The lowest BCUT2D eigenvalue weighted by molar-refractivity contribution is -0.126. The summed E-state index contributed by atoms with van der Waals surface area (Å²) in [5.41, 5.74) is -0.423. The number of pyridine rings is 2. The lowest BCUT2D eigenvalue weighted by Gasteiger charge is -2.40. The second-order valence-corrected chi connectivity index (χ2v) is 9.80. The third kappa shape index (κ3) is 3.91. The lowest BCUT2D eigenvalue weighted by atomic mass is 9.82. The van der Waals surface area contributed by atoms with Crippen LogP contribution in [-0.2, 0) is 4.79 Å². The van der Waals surface area contributed by atoms with Gasteiger partial charge in [0.05, 0.1) is 11.3 Å². The first-order valence-electron chi connectivity index (χ1n) is 10.2. The summed E-state index contributed by atoms with van der Waals surface area (Å²) in [6.07, 6.45) is 3.18. The normalized spacial score (nSPS) is 14.6. The Balaban J connectivity index is 1.71. The monoisotopic (exact) mass is 456 g/mol. The molecular formula is C22H24N4O5S. The minimum Gasteiger partial charge on any atom is -0.477 e. The molecule has 0 aliphatic carbocycles. The SMILES string of the molecule is Cc1cc(N2CC(C(=O)CC(C)(C)CO)C2)nc2c1c(=O)c(C(=O)O)cn2-c1nccs1. The summed E-state index contributed by atoms with van der Waals surface area (Å²) >= 11 is 1.31.